The van der Waals surface area contributed by atoms with Crippen molar-refractivity contribution in [2.75, 3.05) is 12.8 Å². The fraction of sp³-hybridized carbons (Fsp3) is 0.143. The molecule has 0 heterocycles. The van der Waals surface area contributed by atoms with Crippen LogP contribution in [0.1, 0.15) is 5.56 Å². The molecule has 0 aliphatic carbocycles. The lowest BCUT2D eigenvalue weighted by atomic mass is 10.2. The Morgan fingerprint density at radius 1 is 1.21 bits per heavy atom. The molecule has 5 heteroatoms. The van der Waals surface area contributed by atoms with Crippen molar-refractivity contribution >= 4 is 21.6 Å². The van der Waals surface area contributed by atoms with Gasteiger partial charge in [0, 0.05) is 21.8 Å². The summed E-state index contributed by atoms with van der Waals surface area (Å²) < 4.78 is 25.0. The molecule has 0 aliphatic rings. The Labute approximate surface area is 119 Å². The van der Waals surface area contributed by atoms with Gasteiger partial charge < -0.3 is 15.2 Å². The van der Waals surface area contributed by atoms with Crippen molar-refractivity contribution < 1.29 is 13.9 Å². The highest BCUT2D eigenvalue weighted by molar-refractivity contribution is 9.10. The maximum Gasteiger partial charge on any atom is 0.167 e. The number of nitrogen functional groups attached to an aromatic ring is 1. The molecule has 0 spiro atoms. The number of hydrogen-bond donors (Lipinski definition) is 1. The van der Waals surface area contributed by atoms with E-state index in [1.165, 1.54) is 12.1 Å². The number of benzene rings is 2. The maximum atomic E-state index is 13.6. The summed E-state index contributed by atoms with van der Waals surface area (Å²) in [5, 5.41) is 0. The van der Waals surface area contributed by atoms with Crippen molar-refractivity contribution in [3.05, 3.63) is 52.3 Å². The standard InChI is InChI=1S/C14H13BrFNO2/c1-18-11-3-4-12(15)9(6-11)8-19-14-5-2-10(17)7-13(14)16/h2-7H,8,17H2,1H3. The Balaban J connectivity index is 2.14. The normalized spacial score (nSPS) is 10.3. The first-order valence-electron chi connectivity index (χ1n) is 5.60. The molecule has 0 unspecified atom stereocenters. The summed E-state index contributed by atoms with van der Waals surface area (Å²) in [6, 6.07) is 9.86. The van der Waals surface area contributed by atoms with Crippen molar-refractivity contribution in [1.82, 2.24) is 0 Å². The summed E-state index contributed by atoms with van der Waals surface area (Å²) in [7, 11) is 1.59. The third kappa shape index (κ3) is 3.38. The molecule has 100 valence electrons. The van der Waals surface area contributed by atoms with E-state index < -0.39 is 5.82 Å². The minimum atomic E-state index is -0.473. The van der Waals surface area contributed by atoms with Gasteiger partial charge in [0.2, 0.25) is 0 Å². The third-order valence-corrected chi connectivity index (χ3v) is 3.37. The molecule has 0 saturated carbocycles. The fourth-order valence-electron chi connectivity index (χ4n) is 1.58. The lowest BCUT2D eigenvalue weighted by Crippen LogP contribution is -1.99. The van der Waals surface area contributed by atoms with Gasteiger partial charge in [-0.15, -0.1) is 0 Å². The van der Waals surface area contributed by atoms with Crippen LogP contribution in [0.15, 0.2) is 40.9 Å². The third-order valence-electron chi connectivity index (χ3n) is 2.59. The lowest BCUT2D eigenvalue weighted by Gasteiger charge is -2.10. The lowest BCUT2D eigenvalue weighted by molar-refractivity contribution is 0.289. The first kappa shape index (κ1) is 13.7. The summed E-state index contributed by atoms with van der Waals surface area (Å²) in [5.74, 6) is 0.419. The molecule has 3 nitrogen and oxygen atoms in total. The van der Waals surface area contributed by atoms with Crippen LogP contribution in [-0.4, -0.2) is 7.11 Å². The van der Waals surface area contributed by atoms with E-state index >= 15 is 0 Å². The van der Waals surface area contributed by atoms with Gasteiger partial charge in [-0.3, -0.25) is 0 Å². The van der Waals surface area contributed by atoms with Gasteiger partial charge in [0.15, 0.2) is 11.6 Å². The molecule has 0 atom stereocenters. The molecular formula is C14H13BrFNO2. The van der Waals surface area contributed by atoms with E-state index in [1.54, 1.807) is 13.2 Å². The van der Waals surface area contributed by atoms with Crippen LogP contribution < -0.4 is 15.2 Å². The molecule has 0 fully saturated rings. The zero-order valence-corrected chi connectivity index (χ0v) is 11.9. The molecule has 0 radical (unpaired) electrons. The number of ether oxygens (including phenoxy) is 2. The molecule has 2 aromatic carbocycles. The molecule has 0 bridgehead atoms. The van der Waals surface area contributed by atoms with Crippen LogP contribution >= 0.6 is 15.9 Å². The summed E-state index contributed by atoms with van der Waals surface area (Å²) in [5.41, 5.74) is 6.72. The number of nitrogens with two attached hydrogens (primary N) is 1. The average Bonchev–Trinajstić information content (AvgIpc) is 2.39. The number of halogens is 2. The fourth-order valence-corrected chi connectivity index (χ4v) is 1.94. The maximum absolute atomic E-state index is 13.6. The van der Waals surface area contributed by atoms with Gasteiger partial charge in [0.05, 0.1) is 7.11 Å². The summed E-state index contributed by atoms with van der Waals surface area (Å²) in [4.78, 5) is 0. The van der Waals surface area contributed by atoms with Crippen molar-refractivity contribution in [2.24, 2.45) is 0 Å². The van der Waals surface area contributed by atoms with E-state index in [0.717, 1.165) is 15.8 Å². The molecule has 0 saturated heterocycles. The largest absolute Gasteiger partial charge is 0.497 e. The zero-order valence-electron chi connectivity index (χ0n) is 10.3. The second-order valence-corrected chi connectivity index (χ2v) is 4.79. The van der Waals surface area contributed by atoms with Crippen LogP contribution in [0.5, 0.6) is 11.5 Å². The van der Waals surface area contributed by atoms with E-state index in [9.17, 15) is 4.39 Å². The van der Waals surface area contributed by atoms with E-state index in [1.807, 2.05) is 18.2 Å². The molecule has 0 aromatic heterocycles. The SMILES string of the molecule is COc1ccc(Br)c(COc2ccc(N)cc2F)c1. The van der Waals surface area contributed by atoms with Crippen LogP contribution in [0.4, 0.5) is 10.1 Å². The minimum absolute atomic E-state index is 0.170. The van der Waals surface area contributed by atoms with Crippen molar-refractivity contribution in [1.29, 1.82) is 0 Å². The molecule has 2 N–H and O–H groups in total. The Kier molecular flexibility index (Phi) is 4.27. The van der Waals surface area contributed by atoms with E-state index in [4.69, 9.17) is 15.2 Å². The Hall–Kier alpha value is -1.75. The highest BCUT2D eigenvalue weighted by Gasteiger charge is 2.07. The predicted molar refractivity (Wildman–Crippen MR) is 75.8 cm³/mol. The van der Waals surface area contributed by atoms with Gasteiger partial charge in [0.25, 0.3) is 0 Å². The first-order chi connectivity index (χ1) is 9.10. The Bertz CT molecular complexity index is 590. The molecule has 2 aromatic rings. The molecule has 0 aliphatic heterocycles. The van der Waals surface area contributed by atoms with Crippen molar-refractivity contribution in [3.63, 3.8) is 0 Å². The van der Waals surface area contributed by atoms with E-state index in [0.29, 0.717) is 5.69 Å². The molecule has 19 heavy (non-hydrogen) atoms. The molecule has 2 rings (SSSR count). The first-order valence-corrected chi connectivity index (χ1v) is 6.39. The van der Waals surface area contributed by atoms with Gasteiger partial charge in [-0.25, -0.2) is 4.39 Å². The van der Waals surface area contributed by atoms with Gasteiger partial charge in [-0.05, 0) is 30.3 Å². The number of anilines is 1. The quantitative estimate of drug-likeness (QED) is 0.870. The number of methoxy groups -OCH3 is 1. The summed E-state index contributed by atoms with van der Waals surface area (Å²) in [6.07, 6.45) is 0. The number of rotatable bonds is 4. The predicted octanol–water partition coefficient (Wildman–Crippen LogP) is 3.76. The Morgan fingerprint density at radius 2 is 2.00 bits per heavy atom. The van der Waals surface area contributed by atoms with Crippen LogP contribution in [0, 0.1) is 5.82 Å². The van der Waals surface area contributed by atoms with Gasteiger partial charge in [0.1, 0.15) is 12.4 Å². The average molecular weight is 326 g/mol. The van der Waals surface area contributed by atoms with Crippen LogP contribution in [-0.2, 0) is 6.61 Å². The zero-order chi connectivity index (χ0) is 13.8. The second kappa shape index (κ2) is 5.93. The smallest absolute Gasteiger partial charge is 0.167 e. The van der Waals surface area contributed by atoms with Crippen LogP contribution in [0.2, 0.25) is 0 Å². The minimum Gasteiger partial charge on any atom is -0.497 e. The van der Waals surface area contributed by atoms with Crippen molar-refractivity contribution in [3.8, 4) is 11.5 Å². The Morgan fingerprint density at radius 3 is 2.68 bits per heavy atom. The monoisotopic (exact) mass is 325 g/mol. The summed E-state index contributed by atoms with van der Waals surface area (Å²) >= 11 is 3.41. The highest BCUT2D eigenvalue weighted by Crippen LogP contribution is 2.25. The van der Waals surface area contributed by atoms with Crippen molar-refractivity contribution in [2.45, 2.75) is 6.61 Å². The summed E-state index contributed by atoms with van der Waals surface area (Å²) in [6.45, 7) is 0.235. The van der Waals surface area contributed by atoms with Crippen LogP contribution in [0.3, 0.4) is 0 Å². The second-order valence-electron chi connectivity index (χ2n) is 3.94. The van der Waals surface area contributed by atoms with Crippen LogP contribution in [0.25, 0.3) is 0 Å². The molecular weight excluding hydrogens is 313 g/mol. The number of hydrogen-bond acceptors (Lipinski definition) is 3. The topological polar surface area (TPSA) is 44.5 Å². The van der Waals surface area contributed by atoms with Gasteiger partial charge >= 0.3 is 0 Å². The highest BCUT2D eigenvalue weighted by atomic mass is 79.9. The molecule has 0 amide bonds. The van der Waals surface area contributed by atoms with E-state index in [-0.39, 0.29) is 12.4 Å². The van der Waals surface area contributed by atoms with Gasteiger partial charge in [-0.2, -0.15) is 0 Å². The van der Waals surface area contributed by atoms with E-state index in [2.05, 4.69) is 15.9 Å². The van der Waals surface area contributed by atoms with Gasteiger partial charge in [-0.1, -0.05) is 15.9 Å².